The number of halogens is 3. The number of nitrogens with zero attached hydrogens (tertiary/aromatic N) is 2. The normalized spacial score (nSPS) is 11.8. The summed E-state index contributed by atoms with van der Waals surface area (Å²) in [6.07, 6.45) is -4.67. The number of alkyl halides is 3. The molecule has 2 N–H and O–H groups in total. The van der Waals surface area contributed by atoms with Crippen molar-refractivity contribution in [1.29, 1.82) is 0 Å². The lowest BCUT2D eigenvalue weighted by Gasteiger charge is -2.16. The van der Waals surface area contributed by atoms with Crippen LogP contribution in [-0.4, -0.2) is 26.5 Å². The zero-order valence-corrected chi connectivity index (χ0v) is 16.6. The minimum absolute atomic E-state index is 0.139. The Morgan fingerprint density at radius 1 is 1.27 bits per heavy atom. The Hall–Kier alpha value is -3.21. The first-order chi connectivity index (χ1) is 14.0. The lowest BCUT2D eigenvalue weighted by molar-refractivity contribution is -0.137. The van der Waals surface area contributed by atoms with Crippen LogP contribution >= 0.6 is 11.3 Å². The highest BCUT2D eigenvalue weighted by Crippen LogP contribution is 2.34. The Kier molecular flexibility index (Phi) is 5.66. The van der Waals surface area contributed by atoms with Gasteiger partial charge in [-0.1, -0.05) is 26.0 Å². The summed E-state index contributed by atoms with van der Waals surface area (Å²) < 4.78 is 40.4. The zero-order valence-electron chi connectivity index (χ0n) is 15.8. The fourth-order valence-corrected chi connectivity index (χ4v) is 3.87. The molecule has 0 aliphatic heterocycles. The number of carbonyl (C=O) groups excluding carboxylic acids is 1. The maximum absolute atomic E-state index is 13.1. The fourth-order valence-electron chi connectivity index (χ4n) is 2.96. The first-order valence-electron chi connectivity index (χ1n) is 8.72. The molecule has 0 unspecified atom stereocenters. The molecule has 2 heterocycles. The fraction of sp³-hybridized carbons (Fsp3) is 0.263. The topological polar surface area (TPSA) is 101 Å². The summed E-state index contributed by atoms with van der Waals surface area (Å²) in [7, 11) is 0. The van der Waals surface area contributed by atoms with Crippen molar-refractivity contribution in [2.45, 2.75) is 32.5 Å². The Balaban J connectivity index is 2.03. The Morgan fingerprint density at radius 2 is 1.93 bits per heavy atom. The van der Waals surface area contributed by atoms with Crippen LogP contribution in [0.4, 0.5) is 18.9 Å². The largest absolute Gasteiger partial charge is 0.478 e. The van der Waals surface area contributed by atoms with Gasteiger partial charge < -0.3 is 10.4 Å². The van der Waals surface area contributed by atoms with Crippen LogP contribution in [0.1, 0.15) is 41.5 Å². The molecule has 2 aromatic heterocycles. The van der Waals surface area contributed by atoms with E-state index in [0.717, 1.165) is 28.0 Å². The lowest BCUT2D eigenvalue weighted by Crippen LogP contribution is -2.32. The molecular formula is C19H16F3N3O4S. The lowest BCUT2D eigenvalue weighted by atomic mass is 10.1. The molecule has 0 saturated heterocycles. The zero-order chi connectivity index (χ0) is 22.2. The predicted octanol–water partition coefficient (Wildman–Crippen LogP) is 3.94. The molecule has 0 bridgehead atoms. The molecule has 0 saturated carbocycles. The summed E-state index contributed by atoms with van der Waals surface area (Å²) in [4.78, 5) is 41.4. The van der Waals surface area contributed by atoms with Crippen LogP contribution in [0.25, 0.3) is 10.2 Å². The van der Waals surface area contributed by atoms with E-state index in [1.54, 1.807) is 13.8 Å². The SMILES string of the molecule is CC(C)c1nc2scc(C(=O)O)c2c(=O)n1CC(=O)Nc1ccccc1C(F)(F)F. The number of rotatable bonds is 5. The van der Waals surface area contributed by atoms with Gasteiger partial charge in [0.05, 0.1) is 22.2 Å². The summed E-state index contributed by atoms with van der Waals surface area (Å²) in [6, 6.07) is 4.48. The van der Waals surface area contributed by atoms with Gasteiger partial charge in [0.15, 0.2) is 0 Å². The molecule has 0 radical (unpaired) electrons. The number of benzene rings is 1. The number of hydrogen-bond donors (Lipinski definition) is 2. The van der Waals surface area contributed by atoms with Crippen molar-refractivity contribution in [3.05, 3.63) is 57.0 Å². The number of hydrogen-bond acceptors (Lipinski definition) is 5. The van der Waals surface area contributed by atoms with Gasteiger partial charge >= 0.3 is 12.1 Å². The van der Waals surface area contributed by atoms with Crippen LogP contribution in [0, 0.1) is 0 Å². The molecule has 0 fully saturated rings. The number of para-hydroxylation sites is 1. The number of aromatic nitrogens is 2. The highest BCUT2D eigenvalue weighted by Gasteiger charge is 2.33. The maximum atomic E-state index is 13.1. The smallest absolute Gasteiger partial charge is 0.418 e. The number of nitrogens with one attached hydrogen (secondary N) is 1. The molecule has 1 amide bonds. The van der Waals surface area contributed by atoms with Crippen LogP contribution < -0.4 is 10.9 Å². The third-order valence-corrected chi connectivity index (χ3v) is 5.15. The second-order valence-electron chi connectivity index (χ2n) is 6.74. The van der Waals surface area contributed by atoms with Gasteiger partial charge in [0.25, 0.3) is 5.56 Å². The molecule has 1 aromatic carbocycles. The van der Waals surface area contributed by atoms with Crippen molar-refractivity contribution in [2.75, 3.05) is 5.32 Å². The highest BCUT2D eigenvalue weighted by atomic mass is 32.1. The molecule has 30 heavy (non-hydrogen) atoms. The van der Waals surface area contributed by atoms with Crippen molar-refractivity contribution < 1.29 is 27.9 Å². The van der Waals surface area contributed by atoms with Gasteiger partial charge in [-0.2, -0.15) is 13.2 Å². The summed E-state index contributed by atoms with van der Waals surface area (Å²) in [5.41, 5.74) is -2.43. The van der Waals surface area contributed by atoms with Crippen LogP contribution in [0.2, 0.25) is 0 Å². The van der Waals surface area contributed by atoms with E-state index in [1.165, 1.54) is 17.5 Å². The van der Waals surface area contributed by atoms with Crippen molar-refractivity contribution in [1.82, 2.24) is 9.55 Å². The van der Waals surface area contributed by atoms with Gasteiger partial charge in [0.2, 0.25) is 5.91 Å². The van der Waals surface area contributed by atoms with Crippen LogP contribution in [0.5, 0.6) is 0 Å². The van der Waals surface area contributed by atoms with Crippen molar-refractivity contribution >= 4 is 39.1 Å². The molecule has 0 atom stereocenters. The molecule has 7 nitrogen and oxygen atoms in total. The molecule has 11 heteroatoms. The molecule has 3 rings (SSSR count). The van der Waals surface area contributed by atoms with E-state index >= 15 is 0 Å². The van der Waals surface area contributed by atoms with E-state index < -0.39 is 41.4 Å². The summed E-state index contributed by atoms with van der Waals surface area (Å²) in [5, 5.41) is 12.6. The minimum atomic E-state index is -4.67. The van der Waals surface area contributed by atoms with E-state index in [1.807, 2.05) is 0 Å². The monoisotopic (exact) mass is 439 g/mol. The highest BCUT2D eigenvalue weighted by molar-refractivity contribution is 7.17. The van der Waals surface area contributed by atoms with Crippen LogP contribution in [-0.2, 0) is 17.5 Å². The molecule has 158 valence electrons. The average molecular weight is 439 g/mol. The Labute approximate surface area is 171 Å². The van der Waals surface area contributed by atoms with Crippen molar-refractivity contribution in [3.63, 3.8) is 0 Å². The third kappa shape index (κ3) is 4.06. The molecule has 0 aliphatic rings. The first kappa shape index (κ1) is 21.5. The number of aromatic carboxylic acids is 1. The van der Waals surface area contributed by atoms with Gasteiger partial charge in [-0.05, 0) is 12.1 Å². The predicted molar refractivity (Wildman–Crippen MR) is 105 cm³/mol. The van der Waals surface area contributed by atoms with E-state index in [-0.39, 0.29) is 27.5 Å². The van der Waals surface area contributed by atoms with E-state index in [2.05, 4.69) is 10.3 Å². The molecule has 3 aromatic rings. The third-order valence-electron chi connectivity index (χ3n) is 4.28. The number of amides is 1. The average Bonchev–Trinajstić information content (AvgIpc) is 3.08. The summed E-state index contributed by atoms with van der Waals surface area (Å²) in [6.45, 7) is 2.84. The molecular weight excluding hydrogens is 423 g/mol. The van der Waals surface area contributed by atoms with Gasteiger partial charge in [0, 0.05) is 11.3 Å². The van der Waals surface area contributed by atoms with E-state index in [4.69, 9.17) is 0 Å². The number of fused-ring (bicyclic) bond motifs is 1. The van der Waals surface area contributed by atoms with Gasteiger partial charge in [-0.15, -0.1) is 11.3 Å². The first-order valence-corrected chi connectivity index (χ1v) is 9.60. The van der Waals surface area contributed by atoms with Crippen molar-refractivity contribution in [2.24, 2.45) is 0 Å². The van der Waals surface area contributed by atoms with Crippen molar-refractivity contribution in [3.8, 4) is 0 Å². The maximum Gasteiger partial charge on any atom is 0.418 e. The number of carbonyl (C=O) groups is 2. The summed E-state index contributed by atoms with van der Waals surface area (Å²) >= 11 is 0.992. The molecule has 0 aliphatic carbocycles. The number of carboxylic acid groups (broad SMARTS) is 1. The minimum Gasteiger partial charge on any atom is -0.478 e. The van der Waals surface area contributed by atoms with Crippen LogP contribution in [0.3, 0.4) is 0 Å². The Bertz CT molecular complexity index is 1200. The number of thiophene rings is 1. The second-order valence-corrected chi connectivity index (χ2v) is 7.60. The summed E-state index contributed by atoms with van der Waals surface area (Å²) in [5.74, 6) is -2.25. The number of carboxylic acids is 1. The van der Waals surface area contributed by atoms with Gasteiger partial charge in [-0.25, -0.2) is 9.78 Å². The van der Waals surface area contributed by atoms with Crippen LogP contribution in [0.15, 0.2) is 34.4 Å². The van der Waals surface area contributed by atoms with Gasteiger partial charge in [-0.3, -0.25) is 14.2 Å². The standard InChI is InChI=1S/C19H16F3N3O4S/c1-9(2)15-24-16-14(10(8-30-16)18(28)29)17(27)25(15)7-13(26)23-12-6-4-3-5-11(12)19(20,21)22/h3-6,8-9H,7H2,1-2H3,(H,23,26)(H,28,29). The molecule has 0 spiro atoms. The van der Waals surface area contributed by atoms with Gasteiger partial charge in [0.1, 0.15) is 17.2 Å². The Morgan fingerprint density at radius 3 is 2.53 bits per heavy atom. The van der Waals surface area contributed by atoms with E-state index in [9.17, 15) is 32.7 Å². The quantitative estimate of drug-likeness (QED) is 0.627. The second kappa shape index (κ2) is 7.90. The number of anilines is 1. The van der Waals surface area contributed by atoms with E-state index in [0.29, 0.717) is 0 Å².